The van der Waals surface area contributed by atoms with Gasteiger partial charge >= 0.3 is 0 Å². The van der Waals surface area contributed by atoms with Crippen molar-refractivity contribution in [2.45, 2.75) is 12.5 Å². The zero-order valence-electron chi connectivity index (χ0n) is 11.6. The summed E-state index contributed by atoms with van der Waals surface area (Å²) in [7, 11) is 1.62. The second-order valence-corrected chi connectivity index (χ2v) is 4.73. The van der Waals surface area contributed by atoms with Crippen LogP contribution in [0.25, 0.3) is 0 Å². The predicted octanol–water partition coefficient (Wildman–Crippen LogP) is 3.34. The highest BCUT2D eigenvalue weighted by molar-refractivity contribution is 5.34. The lowest BCUT2D eigenvalue weighted by molar-refractivity contribution is 0.202. The summed E-state index contributed by atoms with van der Waals surface area (Å²) >= 11 is 0. The smallest absolute Gasteiger partial charge is 0.194 e. The molecule has 1 unspecified atom stereocenters. The number of hydrogen-bond acceptors (Lipinski definition) is 2. The van der Waals surface area contributed by atoms with Gasteiger partial charge in [-0.05, 0) is 23.6 Å². The van der Waals surface area contributed by atoms with Crippen molar-refractivity contribution < 1.29 is 17.9 Å². The average Bonchev–Trinajstić information content (AvgIpc) is 2.51. The number of halogens is 3. The van der Waals surface area contributed by atoms with Gasteiger partial charge < -0.3 is 10.5 Å². The van der Waals surface area contributed by atoms with E-state index >= 15 is 0 Å². The molecule has 0 amide bonds. The zero-order valence-corrected chi connectivity index (χ0v) is 11.6. The topological polar surface area (TPSA) is 35.2 Å². The van der Waals surface area contributed by atoms with Gasteiger partial charge in [0.15, 0.2) is 17.5 Å². The molecule has 2 aromatic rings. The first-order chi connectivity index (χ1) is 10.0. The van der Waals surface area contributed by atoms with Crippen molar-refractivity contribution >= 4 is 0 Å². The molecule has 0 spiro atoms. The van der Waals surface area contributed by atoms with Gasteiger partial charge in [-0.25, -0.2) is 13.2 Å². The molecular weight excluding hydrogens is 279 g/mol. The Morgan fingerprint density at radius 1 is 1.00 bits per heavy atom. The van der Waals surface area contributed by atoms with Gasteiger partial charge in [-0.2, -0.15) is 0 Å². The Bertz CT molecular complexity index is 614. The van der Waals surface area contributed by atoms with Gasteiger partial charge in [0, 0.05) is 12.7 Å². The Morgan fingerprint density at radius 3 is 2.29 bits per heavy atom. The SMILES string of the molecule is COCCc1ccc(C(N)c2ccc(F)c(F)c2F)cc1. The number of hydrogen-bond donors (Lipinski definition) is 1. The van der Waals surface area contributed by atoms with Gasteiger partial charge in [0.25, 0.3) is 0 Å². The Labute approximate surface area is 121 Å². The number of methoxy groups -OCH3 is 1. The van der Waals surface area contributed by atoms with E-state index in [2.05, 4.69) is 0 Å². The van der Waals surface area contributed by atoms with Crippen LogP contribution in [0.15, 0.2) is 36.4 Å². The van der Waals surface area contributed by atoms with E-state index in [9.17, 15) is 13.2 Å². The Balaban J connectivity index is 2.24. The Morgan fingerprint density at radius 2 is 1.67 bits per heavy atom. The molecule has 0 fully saturated rings. The fraction of sp³-hybridized carbons (Fsp3) is 0.250. The molecule has 0 aliphatic rings. The molecule has 0 saturated heterocycles. The standard InChI is InChI=1S/C16H16F3NO/c1-21-9-8-10-2-4-11(5-3-10)16(20)12-6-7-13(17)15(19)14(12)18/h2-7,16H,8-9,20H2,1H3. The quantitative estimate of drug-likeness (QED) is 0.859. The number of ether oxygens (including phenoxy) is 1. The van der Waals surface area contributed by atoms with Crippen molar-refractivity contribution in [2.24, 2.45) is 5.73 Å². The summed E-state index contributed by atoms with van der Waals surface area (Å²) in [6.45, 7) is 0.600. The molecule has 0 aromatic heterocycles. The first-order valence-corrected chi connectivity index (χ1v) is 6.51. The first-order valence-electron chi connectivity index (χ1n) is 6.51. The van der Waals surface area contributed by atoms with Crippen LogP contribution in [-0.2, 0) is 11.2 Å². The van der Waals surface area contributed by atoms with Crippen LogP contribution in [0.4, 0.5) is 13.2 Å². The van der Waals surface area contributed by atoms with Crippen molar-refractivity contribution in [3.05, 3.63) is 70.5 Å². The van der Waals surface area contributed by atoms with Crippen LogP contribution in [0.2, 0.25) is 0 Å². The summed E-state index contributed by atoms with van der Waals surface area (Å²) in [5.41, 5.74) is 7.54. The van der Waals surface area contributed by atoms with E-state index in [1.54, 1.807) is 19.2 Å². The number of nitrogens with two attached hydrogens (primary N) is 1. The third-order valence-electron chi connectivity index (χ3n) is 3.33. The van der Waals surface area contributed by atoms with Crippen LogP contribution in [0.5, 0.6) is 0 Å². The lowest BCUT2D eigenvalue weighted by atomic mass is 9.97. The highest BCUT2D eigenvalue weighted by atomic mass is 19.2. The second kappa shape index (κ2) is 6.74. The fourth-order valence-electron chi connectivity index (χ4n) is 2.07. The predicted molar refractivity (Wildman–Crippen MR) is 74.4 cm³/mol. The molecular formula is C16H16F3NO. The lowest BCUT2D eigenvalue weighted by Gasteiger charge is -2.14. The zero-order chi connectivity index (χ0) is 15.4. The van der Waals surface area contributed by atoms with E-state index in [-0.39, 0.29) is 5.56 Å². The number of rotatable bonds is 5. The summed E-state index contributed by atoms with van der Waals surface area (Å²) in [4.78, 5) is 0. The van der Waals surface area contributed by atoms with E-state index in [0.29, 0.717) is 12.2 Å². The molecule has 0 heterocycles. The third kappa shape index (κ3) is 3.43. The molecule has 2 rings (SSSR count). The van der Waals surface area contributed by atoms with Gasteiger partial charge in [-0.15, -0.1) is 0 Å². The van der Waals surface area contributed by atoms with E-state index < -0.39 is 23.5 Å². The largest absolute Gasteiger partial charge is 0.384 e. The molecule has 2 aromatic carbocycles. The normalized spacial score (nSPS) is 12.4. The van der Waals surface area contributed by atoms with Crippen LogP contribution >= 0.6 is 0 Å². The molecule has 0 aliphatic heterocycles. The van der Waals surface area contributed by atoms with Gasteiger partial charge in [0.1, 0.15) is 0 Å². The summed E-state index contributed by atoms with van der Waals surface area (Å²) < 4.78 is 44.9. The van der Waals surface area contributed by atoms with Crippen LogP contribution in [0, 0.1) is 17.5 Å². The van der Waals surface area contributed by atoms with Crippen molar-refractivity contribution in [1.82, 2.24) is 0 Å². The third-order valence-corrected chi connectivity index (χ3v) is 3.33. The summed E-state index contributed by atoms with van der Waals surface area (Å²) in [6, 6.07) is 8.39. The monoisotopic (exact) mass is 295 g/mol. The second-order valence-electron chi connectivity index (χ2n) is 4.73. The highest BCUT2D eigenvalue weighted by Gasteiger charge is 2.19. The van der Waals surface area contributed by atoms with Crippen LogP contribution in [-0.4, -0.2) is 13.7 Å². The molecule has 0 radical (unpaired) electrons. The van der Waals surface area contributed by atoms with Crippen molar-refractivity contribution in [1.29, 1.82) is 0 Å². The first kappa shape index (κ1) is 15.5. The average molecular weight is 295 g/mol. The molecule has 0 aliphatic carbocycles. The van der Waals surface area contributed by atoms with Crippen LogP contribution < -0.4 is 5.73 Å². The van der Waals surface area contributed by atoms with Crippen LogP contribution in [0.1, 0.15) is 22.7 Å². The minimum Gasteiger partial charge on any atom is -0.384 e. The highest BCUT2D eigenvalue weighted by Crippen LogP contribution is 2.25. The van der Waals surface area contributed by atoms with E-state index in [0.717, 1.165) is 24.1 Å². The minimum atomic E-state index is -1.50. The van der Waals surface area contributed by atoms with Crippen molar-refractivity contribution in [3.8, 4) is 0 Å². The maximum Gasteiger partial charge on any atom is 0.194 e. The molecule has 1 atom stereocenters. The minimum absolute atomic E-state index is 0.0708. The van der Waals surface area contributed by atoms with E-state index in [4.69, 9.17) is 10.5 Å². The molecule has 112 valence electrons. The Hall–Kier alpha value is -1.85. The molecule has 21 heavy (non-hydrogen) atoms. The Kier molecular flexibility index (Phi) is 4.98. The molecule has 0 bridgehead atoms. The molecule has 2 N–H and O–H groups in total. The van der Waals surface area contributed by atoms with Gasteiger partial charge in [0.2, 0.25) is 0 Å². The summed E-state index contributed by atoms with van der Waals surface area (Å²) in [5.74, 6) is -3.97. The van der Waals surface area contributed by atoms with Crippen molar-refractivity contribution in [2.75, 3.05) is 13.7 Å². The van der Waals surface area contributed by atoms with Crippen molar-refractivity contribution in [3.63, 3.8) is 0 Å². The van der Waals surface area contributed by atoms with E-state index in [1.807, 2.05) is 12.1 Å². The lowest BCUT2D eigenvalue weighted by Crippen LogP contribution is -2.15. The molecule has 5 heteroatoms. The van der Waals surface area contributed by atoms with Gasteiger partial charge in [0.05, 0.1) is 12.6 Å². The maximum atomic E-state index is 13.7. The van der Waals surface area contributed by atoms with Crippen LogP contribution in [0.3, 0.4) is 0 Å². The number of benzene rings is 2. The van der Waals surface area contributed by atoms with Gasteiger partial charge in [-0.1, -0.05) is 30.3 Å². The molecule has 0 saturated carbocycles. The van der Waals surface area contributed by atoms with E-state index in [1.165, 1.54) is 0 Å². The maximum absolute atomic E-state index is 13.7. The summed E-state index contributed by atoms with van der Waals surface area (Å²) in [6.07, 6.45) is 0.756. The summed E-state index contributed by atoms with van der Waals surface area (Å²) in [5, 5.41) is 0. The molecule has 2 nitrogen and oxygen atoms in total. The van der Waals surface area contributed by atoms with Gasteiger partial charge in [-0.3, -0.25) is 0 Å². The fourth-order valence-corrected chi connectivity index (χ4v) is 2.07.